The summed E-state index contributed by atoms with van der Waals surface area (Å²) >= 11 is 0. The Labute approximate surface area is 122 Å². The summed E-state index contributed by atoms with van der Waals surface area (Å²) in [4.78, 5) is 0. The first kappa shape index (κ1) is 15.3. The van der Waals surface area contributed by atoms with Crippen molar-refractivity contribution in [1.82, 2.24) is 5.32 Å². The molecule has 112 valence electrons. The lowest BCUT2D eigenvalue weighted by Crippen LogP contribution is -2.48. The molecule has 1 aromatic carbocycles. The second-order valence-corrected chi connectivity index (χ2v) is 6.43. The number of ether oxygens (including phenoxy) is 1. The Morgan fingerprint density at radius 3 is 2.65 bits per heavy atom. The Balaban J connectivity index is 1.88. The van der Waals surface area contributed by atoms with Crippen LogP contribution in [-0.2, 0) is 0 Å². The first-order valence-electron chi connectivity index (χ1n) is 7.64. The van der Waals surface area contributed by atoms with Crippen LogP contribution in [0, 0.1) is 0 Å². The van der Waals surface area contributed by atoms with Gasteiger partial charge in [-0.15, -0.1) is 0 Å². The smallest absolute Gasteiger partial charge is 0.122 e. The van der Waals surface area contributed by atoms with Crippen molar-refractivity contribution in [2.45, 2.75) is 57.5 Å². The van der Waals surface area contributed by atoms with Gasteiger partial charge in [0.25, 0.3) is 0 Å². The van der Waals surface area contributed by atoms with Crippen LogP contribution in [-0.4, -0.2) is 29.9 Å². The molecule has 3 heteroatoms. The van der Waals surface area contributed by atoms with E-state index in [1.54, 1.807) is 0 Å². The van der Waals surface area contributed by atoms with Crippen LogP contribution in [0.2, 0.25) is 0 Å². The molecule has 1 saturated carbocycles. The zero-order valence-electron chi connectivity index (χ0n) is 12.9. The van der Waals surface area contributed by atoms with Gasteiger partial charge in [-0.2, -0.15) is 0 Å². The van der Waals surface area contributed by atoms with Crippen LogP contribution in [0.5, 0.6) is 5.75 Å². The van der Waals surface area contributed by atoms with Crippen LogP contribution < -0.4 is 10.1 Å². The SMILES string of the molecule is CC(C)c1ccccc1OCCC(C)(CO)NC1CC1. The minimum absolute atomic E-state index is 0.151. The number of hydrogen-bond acceptors (Lipinski definition) is 3. The highest BCUT2D eigenvalue weighted by Gasteiger charge is 2.31. The lowest BCUT2D eigenvalue weighted by atomic mass is 9.99. The number of nitrogens with one attached hydrogen (secondary N) is 1. The van der Waals surface area contributed by atoms with E-state index in [-0.39, 0.29) is 12.1 Å². The Kier molecular flexibility index (Phi) is 5.06. The predicted molar refractivity (Wildman–Crippen MR) is 82.3 cm³/mol. The molecule has 1 unspecified atom stereocenters. The lowest BCUT2D eigenvalue weighted by Gasteiger charge is -2.29. The molecule has 0 saturated heterocycles. The largest absolute Gasteiger partial charge is 0.493 e. The Hall–Kier alpha value is -1.06. The summed E-state index contributed by atoms with van der Waals surface area (Å²) in [5.41, 5.74) is 1.02. The van der Waals surface area contributed by atoms with E-state index in [1.165, 1.54) is 18.4 Å². The molecule has 0 bridgehead atoms. The molecule has 0 aliphatic heterocycles. The molecule has 1 aromatic rings. The molecule has 0 spiro atoms. The van der Waals surface area contributed by atoms with E-state index in [4.69, 9.17) is 4.74 Å². The maximum Gasteiger partial charge on any atom is 0.122 e. The highest BCUT2D eigenvalue weighted by molar-refractivity contribution is 5.35. The molecule has 0 heterocycles. The minimum Gasteiger partial charge on any atom is -0.493 e. The van der Waals surface area contributed by atoms with Crippen molar-refractivity contribution in [3.05, 3.63) is 29.8 Å². The van der Waals surface area contributed by atoms with Gasteiger partial charge < -0.3 is 15.2 Å². The molecule has 1 aliphatic carbocycles. The second kappa shape index (κ2) is 6.59. The quantitative estimate of drug-likeness (QED) is 0.767. The van der Waals surface area contributed by atoms with Crippen molar-refractivity contribution < 1.29 is 9.84 Å². The maximum atomic E-state index is 9.58. The van der Waals surface area contributed by atoms with E-state index in [2.05, 4.69) is 38.2 Å². The van der Waals surface area contributed by atoms with E-state index in [1.807, 2.05) is 12.1 Å². The first-order valence-corrected chi connectivity index (χ1v) is 7.64. The monoisotopic (exact) mass is 277 g/mol. The van der Waals surface area contributed by atoms with Gasteiger partial charge in [0.05, 0.1) is 13.2 Å². The summed E-state index contributed by atoms with van der Waals surface area (Å²) < 4.78 is 5.95. The van der Waals surface area contributed by atoms with Gasteiger partial charge >= 0.3 is 0 Å². The molecule has 0 amide bonds. The van der Waals surface area contributed by atoms with Crippen molar-refractivity contribution in [2.24, 2.45) is 0 Å². The van der Waals surface area contributed by atoms with Gasteiger partial charge in [0.1, 0.15) is 5.75 Å². The number of benzene rings is 1. The van der Waals surface area contributed by atoms with Crippen LogP contribution in [0.15, 0.2) is 24.3 Å². The van der Waals surface area contributed by atoms with Gasteiger partial charge in [0, 0.05) is 18.0 Å². The third-order valence-corrected chi connectivity index (χ3v) is 3.93. The normalized spacial score (nSPS) is 18.1. The Bertz CT molecular complexity index is 429. The minimum atomic E-state index is -0.228. The van der Waals surface area contributed by atoms with Gasteiger partial charge in [0.2, 0.25) is 0 Å². The number of hydrogen-bond donors (Lipinski definition) is 2. The zero-order valence-corrected chi connectivity index (χ0v) is 12.9. The third kappa shape index (κ3) is 4.22. The van der Waals surface area contributed by atoms with E-state index in [0.29, 0.717) is 18.6 Å². The van der Waals surface area contributed by atoms with Crippen molar-refractivity contribution >= 4 is 0 Å². The summed E-state index contributed by atoms with van der Waals surface area (Å²) in [6.45, 7) is 7.20. The lowest BCUT2D eigenvalue weighted by molar-refractivity contribution is 0.142. The molecule has 2 N–H and O–H groups in total. The highest BCUT2D eigenvalue weighted by atomic mass is 16.5. The molecule has 0 radical (unpaired) electrons. The van der Waals surface area contributed by atoms with Gasteiger partial charge in [-0.3, -0.25) is 0 Å². The van der Waals surface area contributed by atoms with E-state index >= 15 is 0 Å². The highest BCUT2D eigenvalue weighted by Crippen LogP contribution is 2.27. The van der Waals surface area contributed by atoms with Gasteiger partial charge in [0.15, 0.2) is 0 Å². The zero-order chi connectivity index (χ0) is 14.6. The molecule has 20 heavy (non-hydrogen) atoms. The molecule has 1 atom stereocenters. The van der Waals surface area contributed by atoms with Crippen LogP contribution in [0.1, 0.15) is 51.5 Å². The van der Waals surface area contributed by atoms with Crippen LogP contribution in [0.4, 0.5) is 0 Å². The van der Waals surface area contributed by atoms with Crippen molar-refractivity contribution in [3.63, 3.8) is 0 Å². The number of aliphatic hydroxyl groups is 1. The van der Waals surface area contributed by atoms with Crippen LogP contribution in [0.3, 0.4) is 0 Å². The summed E-state index contributed by atoms with van der Waals surface area (Å²) in [5, 5.41) is 13.1. The molecule has 1 aliphatic rings. The summed E-state index contributed by atoms with van der Waals surface area (Å²) in [6, 6.07) is 8.80. The van der Waals surface area contributed by atoms with Crippen molar-refractivity contribution in [1.29, 1.82) is 0 Å². The average Bonchev–Trinajstić information content (AvgIpc) is 3.23. The molecule has 1 fully saturated rings. The standard InChI is InChI=1S/C17H27NO2/c1-13(2)15-6-4-5-7-16(15)20-11-10-17(3,12-19)18-14-8-9-14/h4-7,13-14,18-19H,8-12H2,1-3H3. The maximum absolute atomic E-state index is 9.58. The number of para-hydroxylation sites is 1. The fraction of sp³-hybridized carbons (Fsp3) is 0.647. The van der Waals surface area contributed by atoms with Crippen molar-refractivity contribution in [2.75, 3.05) is 13.2 Å². The predicted octanol–water partition coefficient (Wildman–Crippen LogP) is 3.08. The topological polar surface area (TPSA) is 41.5 Å². The van der Waals surface area contributed by atoms with Crippen molar-refractivity contribution in [3.8, 4) is 5.75 Å². The van der Waals surface area contributed by atoms with Crippen LogP contribution >= 0.6 is 0 Å². The Morgan fingerprint density at radius 2 is 2.05 bits per heavy atom. The first-order chi connectivity index (χ1) is 9.54. The summed E-state index contributed by atoms with van der Waals surface area (Å²) in [5.74, 6) is 1.43. The van der Waals surface area contributed by atoms with Gasteiger partial charge in [-0.1, -0.05) is 32.0 Å². The van der Waals surface area contributed by atoms with Gasteiger partial charge in [-0.25, -0.2) is 0 Å². The average molecular weight is 277 g/mol. The molecule has 0 aromatic heterocycles. The summed E-state index contributed by atoms with van der Waals surface area (Å²) in [7, 11) is 0. The number of aliphatic hydroxyl groups excluding tert-OH is 1. The fourth-order valence-corrected chi connectivity index (χ4v) is 2.39. The summed E-state index contributed by atoms with van der Waals surface area (Å²) in [6.07, 6.45) is 3.27. The second-order valence-electron chi connectivity index (χ2n) is 6.43. The molecular weight excluding hydrogens is 250 g/mol. The van der Waals surface area contributed by atoms with Crippen LogP contribution in [0.25, 0.3) is 0 Å². The third-order valence-electron chi connectivity index (χ3n) is 3.93. The fourth-order valence-electron chi connectivity index (χ4n) is 2.39. The molecule has 2 rings (SSSR count). The molecular formula is C17H27NO2. The van der Waals surface area contributed by atoms with Gasteiger partial charge in [-0.05, 0) is 37.3 Å². The molecule has 3 nitrogen and oxygen atoms in total. The Morgan fingerprint density at radius 1 is 1.35 bits per heavy atom. The number of rotatable bonds is 8. The van der Waals surface area contributed by atoms with E-state index in [0.717, 1.165) is 12.2 Å². The van der Waals surface area contributed by atoms with E-state index < -0.39 is 0 Å². The van der Waals surface area contributed by atoms with E-state index in [9.17, 15) is 5.11 Å².